The largest absolute Gasteiger partial charge is 0.396 e. The van der Waals surface area contributed by atoms with Crippen molar-refractivity contribution in [3.8, 4) is 6.07 Å². The van der Waals surface area contributed by atoms with Gasteiger partial charge in [0.25, 0.3) is 0 Å². The third-order valence-corrected chi connectivity index (χ3v) is 3.12. The molecule has 1 aromatic heterocycles. The molecule has 0 spiro atoms. The molecule has 0 bridgehead atoms. The molecule has 5 heteroatoms. The number of hydrogen-bond donors (Lipinski definition) is 3. The van der Waals surface area contributed by atoms with Crippen molar-refractivity contribution in [2.75, 3.05) is 17.6 Å². The van der Waals surface area contributed by atoms with Gasteiger partial charge in [-0.1, -0.05) is 0 Å². The average molecular weight is 232 g/mol. The SMILES string of the molecule is N#Cc1cnc(NCC2CCC(O)C2)c(N)c1. The van der Waals surface area contributed by atoms with E-state index in [1.165, 1.54) is 6.20 Å². The summed E-state index contributed by atoms with van der Waals surface area (Å²) in [5.41, 5.74) is 6.73. The molecular formula is C12H16N4O. The van der Waals surface area contributed by atoms with Crippen LogP contribution in [0.2, 0.25) is 0 Å². The van der Waals surface area contributed by atoms with E-state index >= 15 is 0 Å². The summed E-state index contributed by atoms with van der Waals surface area (Å²) in [6, 6.07) is 3.60. The maximum Gasteiger partial charge on any atom is 0.149 e. The molecule has 1 saturated carbocycles. The molecule has 0 radical (unpaired) electrons. The van der Waals surface area contributed by atoms with Crippen molar-refractivity contribution in [1.82, 2.24) is 4.98 Å². The van der Waals surface area contributed by atoms with E-state index in [-0.39, 0.29) is 6.10 Å². The highest BCUT2D eigenvalue weighted by Crippen LogP contribution is 2.26. The Kier molecular flexibility index (Phi) is 3.45. The number of nitrogens with zero attached hydrogens (tertiary/aromatic N) is 2. The predicted octanol–water partition coefficient (Wildman–Crippen LogP) is 1.11. The summed E-state index contributed by atoms with van der Waals surface area (Å²) in [7, 11) is 0. The summed E-state index contributed by atoms with van der Waals surface area (Å²) in [5, 5.41) is 21.3. The first-order valence-electron chi connectivity index (χ1n) is 5.76. The second kappa shape index (κ2) is 5.02. The van der Waals surface area contributed by atoms with Gasteiger partial charge in [0.1, 0.15) is 11.9 Å². The molecule has 1 aliphatic carbocycles. The first-order chi connectivity index (χ1) is 8.19. The van der Waals surface area contributed by atoms with Crippen LogP contribution in [-0.2, 0) is 0 Å². The van der Waals surface area contributed by atoms with Crippen LogP contribution in [0.15, 0.2) is 12.3 Å². The van der Waals surface area contributed by atoms with E-state index in [1.54, 1.807) is 6.07 Å². The van der Waals surface area contributed by atoms with Crippen molar-refractivity contribution >= 4 is 11.5 Å². The number of aliphatic hydroxyl groups excluding tert-OH is 1. The van der Waals surface area contributed by atoms with Crippen LogP contribution in [0.1, 0.15) is 24.8 Å². The van der Waals surface area contributed by atoms with E-state index < -0.39 is 0 Å². The van der Waals surface area contributed by atoms with Crippen molar-refractivity contribution in [3.63, 3.8) is 0 Å². The molecule has 1 aliphatic rings. The van der Waals surface area contributed by atoms with Crippen LogP contribution in [0.4, 0.5) is 11.5 Å². The molecule has 2 atom stereocenters. The molecule has 17 heavy (non-hydrogen) atoms. The molecule has 0 aliphatic heterocycles. The highest BCUT2D eigenvalue weighted by Gasteiger charge is 2.22. The first-order valence-corrected chi connectivity index (χ1v) is 5.76. The zero-order chi connectivity index (χ0) is 12.3. The summed E-state index contributed by atoms with van der Waals surface area (Å²) in [6.07, 6.45) is 4.09. The van der Waals surface area contributed by atoms with E-state index in [0.717, 1.165) is 25.8 Å². The minimum Gasteiger partial charge on any atom is -0.396 e. The topological polar surface area (TPSA) is 95.0 Å². The number of pyridine rings is 1. The zero-order valence-corrected chi connectivity index (χ0v) is 9.56. The maximum atomic E-state index is 9.42. The highest BCUT2D eigenvalue weighted by molar-refractivity contribution is 5.63. The minimum absolute atomic E-state index is 0.159. The number of nitriles is 1. The Balaban J connectivity index is 1.93. The lowest BCUT2D eigenvalue weighted by molar-refractivity contribution is 0.178. The Bertz CT molecular complexity index is 441. The molecule has 1 fully saturated rings. The number of anilines is 2. The Morgan fingerprint density at radius 3 is 3.00 bits per heavy atom. The summed E-state index contributed by atoms with van der Waals surface area (Å²) in [4.78, 5) is 4.11. The van der Waals surface area contributed by atoms with E-state index in [1.807, 2.05) is 6.07 Å². The third-order valence-electron chi connectivity index (χ3n) is 3.12. The fourth-order valence-electron chi connectivity index (χ4n) is 2.17. The predicted molar refractivity (Wildman–Crippen MR) is 65.2 cm³/mol. The molecule has 1 aromatic rings. The second-order valence-corrected chi connectivity index (χ2v) is 4.49. The molecule has 0 amide bonds. The molecule has 90 valence electrons. The summed E-state index contributed by atoms with van der Waals surface area (Å²) in [5.74, 6) is 1.09. The first kappa shape index (κ1) is 11.7. The Morgan fingerprint density at radius 2 is 2.41 bits per heavy atom. The van der Waals surface area contributed by atoms with Gasteiger partial charge in [-0.15, -0.1) is 0 Å². The minimum atomic E-state index is -0.159. The van der Waals surface area contributed by atoms with Gasteiger partial charge < -0.3 is 16.2 Å². The average Bonchev–Trinajstić information content (AvgIpc) is 2.73. The highest BCUT2D eigenvalue weighted by atomic mass is 16.3. The molecule has 5 nitrogen and oxygen atoms in total. The van der Waals surface area contributed by atoms with Gasteiger partial charge in [0.05, 0.1) is 17.4 Å². The van der Waals surface area contributed by atoms with Crippen LogP contribution in [0, 0.1) is 17.2 Å². The smallest absolute Gasteiger partial charge is 0.149 e. The number of nitrogen functional groups attached to an aromatic ring is 1. The molecule has 4 N–H and O–H groups in total. The lowest BCUT2D eigenvalue weighted by Gasteiger charge is -2.12. The number of hydrogen-bond acceptors (Lipinski definition) is 5. The van der Waals surface area contributed by atoms with Gasteiger partial charge in [-0.05, 0) is 31.2 Å². The summed E-state index contributed by atoms with van der Waals surface area (Å²) in [6.45, 7) is 0.764. The van der Waals surface area contributed by atoms with Gasteiger partial charge in [0.2, 0.25) is 0 Å². The number of nitrogens with two attached hydrogens (primary N) is 1. The lowest BCUT2D eigenvalue weighted by atomic mass is 10.1. The van der Waals surface area contributed by atoms with Crippen LogP contribution in [-0.4, -0.2) is 22.7 Å². The van der Waals surface area contributed by atoms with Gasteiger partial charge in [-0.2, -0.15) is 5.26 Å². The third kappa shape index (κ3) is 2.86. The van der Waals surface area contributed by atoms with E-state index in [0.29, 0.717) is 23.0 Å². The van der Waals surface area contributed by atoms with Crippen LogP contribution in [0.5, 0.6) is 0 Å². The molecular weight excluding hydrogens is 216 g/mol. The fourth-order valence-corrected chi connectivity index (χ4v) is 2.17. The van der Waals surface area contributed by atoms with Gasteiger partial charge in [0.15, 0.2) is 0 Å². The monoisotopic (exact) mass is 232 g/mol. The van der Waals surface area contributed by atoms with Crippen LogP contribution in [0.3, 0.4) is 0 Å². The molecule has 2 unspecified atom stereocenters. The molecule has 0 saturated heterocycles. The van der Waals surface area contributed by atoms with E-state index in [4.69, 9.17) is 11.0 Å². The number of aliphatic hydroxyl groups is 1. The number of rotatable bonds is 3. The molecule has 0 aromatic carbocycles. The summed E-state index contributed by atoms with van der Waals surface area (Å²) >= 11 is 0. The van der Waals surface area contributed by atoms with Crippen molar-refractivity contribution in [2.24, 2.45) is 5.92 Å². The lowest BCUT2D eigenvalue weighted by Crippen LogP contribution is -2.14. The quantitative estimate of drug-likeness (QED) is 0.725. The molecule has 1 heterocycles. The fraction of sp³-hybridized carbons (Fsp3) is 0.500. The van der Waals surface area contributed by atoms with Gasteiger partial charge in [0, 0.05) is 12.7 Å². The van der Waals surface area contributed by atoms with Crippen molar-refractivity contribution < 1.29 is 5.11 Å². The molecule has 2 rings (SSSR count). The van der Waals surface area contributed by atoms with E-state index in [9.17, 15) is 5.11 Å². The Labute approximate surface area is 100 Å². The zero-order valence-electron chi connectivity index (χ0n) is 9.56. The Hall–Kier alpha value is -1.80. The van der Waals surface area contributed by atoms with E-state index in [2.05, 4.69) is 10.3 Å². The van der Waals surface area contributed by atoms with Crippen molar-refractivity contribution in [1.29, 1.82) is 5.26 Å². The second-order valence-electron chi connectivity index (χ2n) is 4.49. The van der Waals surface area contributed by atoms with Gasteiger partial charge >= 0.3 is 0 Å². The standard InChI is InChI=1S/C12H16N4O/c13-5-9-4-11(14)12(16-7-9)15-6-8-1-2-10(17)3-8/h4,7-8,10,17H,1-3,6,14H2,(H,15,16). The van der Waals surface area contributed by atoms with Crippen molar-refractivity contribution in [2.45, 2.75) is 25.4 Å². The number of nitrogens with one attached hydrogen (secondary N) is 1. The number of aromatic nitrogens is 1. The van der Waals surface area contributed by atoms with Crippen LogP contribution < -0.4 is 11.1 Å². The van der Waals surface area contributed by atoms with Gasteiger partial charge in [-0.25, -0.2) is 4.98 Å². The van der Waals surface area contributed by atoms with Crippen LogP contribution in [0.25, 0.3) is 0 Å². The summed E-state index contributed by atoms with van der Waals surface area (Å²) < 4.78 is 0. The van der Waals surface area contributed by atoms with Gasteiger partial charge in [-0.3, -0.25) is 0 Å². The van der Waals surface area contributed by atoms with Crippen LogP contribution >= 0.6 is 0 Å². The Morgan fingerprint density at radius 1 is 1.59 bits per heavy atom. The maximum absolute atomic E-state index is 9.42. The van der Waals surface area contributed by atoms with Crippen molar-refractivity contribution in [3.05, 3.63) is 17.8 Å². The normalized spacial score (nSPS) is 23.3.